The molecule has 0 radical (unpaired) electrons. The molecule has 0 saturated heterocycles. The molecule has 1 aromatic heterocycles. The van der Waals surface area contributed by atoms with Gasteiger partial charge in [0.2, 0.25) is 0 Å². The van der Waals surface area contributed by atoms with Gasteiger partial charge in [-0.05, 0) is 35.6 Å². The van der Waals surface area contributed by atoms with E-state index in [1.807, 2.05) is 29.2 Å². The second-order valence-corrected chi connectivity index (χ2v) is 6.81. The van der Waals surface area contributed by atoms with Crippen LogP contribution in [0.15, 0.2) is 40.6 Å². The lowest BCUT2D eigenvalue weighted by Crippen LogP contribution is -2.35. The van der Waals surface area contributed by atoms with E-state index in [2.05, 4.69) is 17.5 Å². The largest absolute Gasteiger partial charge is 0.334 e. The number of fused-ring (bicyclic) bond motifs is 1. The van der Waals surface area contributed by atoms with Gasteiger partial charge in [-0.25, -0.2) is 0 Å². The van der Waals surface area contributed by atoms with E-state index in [4.69, 9.17) is 5.26 Å². The fourth-order valence-corrected chi connectivity index (χ4v) is 4.07. The van der Waals surface area contributed by atoms with Crippen LogP contribution in [0.1, 0.15) is 20.8 Å². The third-order valence-electron chi connectivity index (χ3n) is 3.50. The number of rotatable bonds is 3. The number of thiophene rings is 1. The molecular formula is C16H14N2OS2. The first-order valence-electron chi connectivity index (χ1n) is 6.73. The summed E-state index contributed by atoms with van der Waals surface area (Å²) in [5, 5.41) is 10.8. The quantitative estimate of drug-likeness (QED) is 0.814. The molecule has 3 nitrogen and oxygen atoms in total. The summed E-state index contributed by atoms with van der Waals surface area (Å²) in [6.07, 6.45) is 0.937. The van der Waals surface area contributed by atoms with Crippen LogP contribution in [0.3, 0.4) is 0 Å². The number of hydrogen-bond acceptors (Lipinski definition) is 4. The van der Waals surface area contributed by atoms with Crippen LogP contribution in [0.2, 0.25) is 0 Å². The Kier molecular flexibility index (Phi) is 4.28. The van der Waals surface area contributed by atoms with Gasteiger partial charge in [-0.2, -0.15) is 5.26 Å². The van der Waals surface area contributed by atoms with Gasteiger partial charge < -0.3 is 4.90 Å². The van der Waals surface area contributed by atoms with Crippen LogP contribution in [0.5, 0.6) is 0 Å². The fourth-order valence-electron chi connectivity index (χ4n) is 2.47. The summed E-state index contributed by atoms with van der Waals surface area (Å²) in [5.74, 6) is 0.423. The van der Waals surface area contributed by atoms with E-state index in [0.29, 0.717) is 17.9 Å². The second kappa shape index (κ2) is 6.33. The molecule has 0 bridgehead atoms. The topological polar surface area (TPSA) is 44.1 Å². The SMILES string of the molecule is N#CCSc1ccccc1C(=O)N1CCc2sccc2C1. The van der Waals surface area contributed by atoms with Gasteiger partial charge in [0.25, 0.3) is 5.91 Å². The summed E-state index contributed by atoms with van der Waals surface area (Å²) in [6.45, 7) is 1.46. The van der Waals surface area contributed by atoms with Crippen LogP contribution in [0.25, 0.3) is 0 Å². The van der Waals surface area contributed by atoms with Gasteiger partial charge in [0.05, 0.1) is 17.4 Å². The number of carbonyl (C=O) groups excluding carboxylic acids is 1. The van der Waals surface area contributed by atoms with Crippen molar-refractivity contribution in [1.82, 2.24) is 4.90 Å². The molecule has 1 amide bonds. The zero-order chi connectivity index (χ0) is 14.7. The van der Waals surface area contributed by atoms with Gasteiger partial charge in [-0.3, -0.25) is 4.79 Å². The molecule has 0 fully saturated rings. The van der Waals surface area contributed by atoms with E-state index in [1.165, 1.54) is 22.2 Å². The smallest absolute Gasteiger partial charge is 0.255 e. The first-order valence-corrected chi connectivity index (χ1v) is 8.59. The molecule has 0 saturated carbocycles. The molecule has 1 aliphatic rings. The maximum atomic E-state index is 12.7. The van der Waals surface area contributed by atoms with Gasteiger partial charge in [-0.15, -0.1) is 23.1 Å². The number of hydrogen-bond donors (Lipinski definition) is 0. The highest BCUT2D eigenvalue weighted by molar-refractivity contribution is 7.99. The lowest BCUT2D eigenvalue weighted by Gasteiger charge is -2.27. The number of nitrogens with zero attached hydrogens (tertiary/aromatic N) is 2. The average Bonchev–Trinajstić information content (AvgIpc) is 3.00. The van der Waals surface area contributed by atoms with Crippen molar-refractivity contribution >= 4 is 29.0 Å². The third-order valence-corrected chi connectivity index (χ3v) is 5.47. The molecule has 0 aliphatic carbocycles. The van der Waals surface area contributed by atoms with Crippen molar-refractivity contribution in [3.8, 4) is 6.07 Å². The highest BCUT2D eigenvalue weighted by Crippen LogP contribution is 2.28. The van der Waals surface area contributed by atoms with E-state index in [9.17, 15) is 4.79 Å². The zero-order valence-electron chi connectivity index (χ0n) is 11.4. The summed E-state index contributed by atoms with van der Waals surface area (Å²) in [7, 11) is 0. The Morgan fingerprint density at radius 2 is 2.24 bits per heavy atom. The first-order chi connectivity index (χ1) is 10.3. The number of carbonyl (C=O) groups is 1. The summed E-state index contributed by atoms with van der Waals surface area (Å²) < 4.78 is 0. The van der Waals surface area contributed by atoms with Crippen LogP contribution >= 0.6 is 23.1 Å². The van der Waals surface area contributed by atoms with Crippen LogP contribution in [0, 0.1) is 11.3 Å². The van der Waals surface area contributed by atoms with Crippen LogP contribution < -0.4 is 0 Å². The van der Waals surface area contributed by atoms with Gasteiger partial charge >= 0.3 is 0 Å². The lowest BCUT2D eigenvalue weighted by molar-refractivity contribution is 0.0732. The normalized spacial score (nSPS) is 13.6. The minimum atomic E-state index is 0.0629. The van der Waals surface area contributed by atoms with Crippen molar-refractivity contribution in [2.75, 3.05) is 12.3 Å². The van der Waals surface area contributed by atoms with Crippen molar-refractivity contribution in [1.29, 1.82) is 5.26 Å². The second-order valence-electron chi connectivity index (χ2n) is 4.79. The third kappa shape index (κ3) is 2.97. The standard InChI is InChI=1S/C16H14N2OS2/c17-7-10-21-15-4-2-1-3-13(15)16(19)18-8-5-14-12(11-18)6-9-20-14/h1-4,6,9H,5,8,10-11H2. The van der Waals surface area contributed by atoms with Crippen molar-refractivity contribution in [2.45, 2.75) is 17.9 Å². The van der Waals surface area contributed by atoms with Gasteiger partial charge in [-0.1, -0.05) is 12.1 Å². The summed E-state index contributed by atoms with van der Waals surface area (Å²) in [4.78, 5) is 16.9. The monoisotopic (exact) mass is 314 g/mol. The number of amides is 1. The molecular weight excluding hydrogens is 300 g/mol. The Hall–Kier alpha value is -1.77. The molecule has 21 heavy (non-hydrogen) atoms. The maximum absolute atomic E-state index is 12.7. The summed E-state index contributed by atoms with van der Waals surface area (Å²) >= 11 is 3.19. The van der Waals surface area contributed by atoms with Crippen molar-refractivity contribution in [3.05, 3.63) is 51.7 Å². The number of thioether (sulfide) groups is 1. The first kappa shape index (κ1) is 14.2. The van der Waals surface area contributed by atoms with Crippen LogP contribution in [-0.2, 0) is 13.0 Å². The Bertz CT molecular complexity index is 702. The van der Waals surface area contributed by atoms with Gasteiger partial charge in [0.15, 0.2) is 0 Å². The molecule has 0 spiro atoms. The van der Waals surface area contributed by atoms with Crippen molar-refractivity contribution in [2.24, 2.45) is 0 Å². The fraction of sp³-hybridized carbons (Fsp3) is 0.250. The Morgan fingerprint density at radius 3 is 3.10 bits per heavy atom. The van der Waals surface area contributed by atoms with Crippen molar-refractivity contribution < 1.29 is 4.79 Å². The average molecular weight is 314 g/mol. The van der Waals surface area contributed by atoms with E-state index < -0.39 is 0 Å². The Morgan fingerprint density at radius 1 is 1.38 bits per heavy atom. The predicted molar refractivity (Wildman–Crippen MR) is 85.5 cm³/mol. The van der Waals surface area contributed by atoms with Gasteiger partial charge in [0.1, 0.15) is 0 Å². The van der Waals surface area contributed by atoms with E-state index in [1.54, 1.807) is 11.3 Å². The molecule has 106 valence electrons. The highest BCUT2D eigenvalue weighted by atomic mass is 32.2. The number of nitriles is 1. The summed E-state index contributed by atoms with van der Waals surface area (Å²) in [6, 6.07) is 11.8. The van der Waals surface area contributed by atoms with Gasteiger partial charge in [0, 0.05) is 22.9 Å². The molecule has 2 heterocycles. The lowest BCUT2D eigenvalue weighted by atomic mass is 10.1. The van der Waals surface area contributed by atoms with Crippen LogP contribution in [-0.4, -0.2) is 23.1 Å². The molecule has 1 aliphatic heterocycles. The Labute approximate surface area is 132 Å². The maximum Gasteiger partial charge on any atom is 0.255 e. The molecule has 0 unspecified atom stereocenters. The molecule has 5 heteroatoms. The molecule has 0 atom stereocenters. The molecule has 0 N–H and O–H groups in total. The predicted octanol–water partition coefficient (Wildman–Crippen LogP) is 3.56. The van der Waals surface area contributed by atoms with Crippen LogP contribution in [0.4, 0.5) is 0 Å². The van der Waals surface area contributed by atoms with E-state index in [-0.39, 0.29) is 5.91 Å². The highest BCUT2D eigenvalue weighted by Gasteiger charge is 2.23. The minimum absolute atomic E-state index is 0.0629. The molecule has 3 rings (SSSR count). The zero-order valence-corrected chi connectivity index (χ0v) is 13.0. The molecule has 2 aromatic rings. The van der Waals surface area contributed by atoms with E-state index in [0.717, 1.165) is 17.9 Å². The molecule has 1 aromatic carbocycles. The van der Waals surface area contributed by atoms with Crippen molar-refractivity contribution in [3.63, 3.8) is 0 Å². The van der Waals surface area contributed by atoms with E-state index >= 15 is 0 Å². The summed E-state index contributed by atoms with van der Waals surface area (Å²) in [5.41, 5.74) is 1.97. The Balaban J connectivity index is 1.82. The minimum Gasteiger partial charge on any atom is -0.334 e. The number of benzene rings is 1.